The molecule has 1 aromatic carbocycles. The molecule has 6 nitrogen and oxygen atoms in total. The summed E-state index contributed by atoms with van der Waals surface area (Å²) >= 11 is 0. The van der Waals surface area contributed by atoms with Crippen LogP contribution in [0, 0.1) is 5.92 Å². The molecule has 1 N–H and O–H groups in total. The van der Waals surface area contributed by atoms with E-state index in [0.717, 1.165) is 24.9 Å². The van der Waals surface area contributed by atoms with Crippen molar-refractivity contribution in [2.75, 3.05) is 13.1 Å². The van der Waals surface area contributed by atoms with E-state index in [-0.39, 0.29) is 5.92 Å². The number of piperidine rings is 1. The highest BCUT2D eigenvalue weighted by molar-refractivity contribution is 5.70. The van der Waals surface area contributed by atoms with Crippen molar-refractivity contribution >= 4 is 5.97 Å². The Kier molecular flexibility index (Phi) is 3.96. The van der Waals surface area contributed by atoms with Crippen LogP contribution in [0.15, 0.2) is 34.9 Å². The Morgan fingerprint density at radius 3 is 2.95 bits per heavy atom. The fourth-order valence-corrected chi connectivity index (χ4v) is 2.62. The largest absolute Gasteiger partial charge is 0.481 e. The molecule has 1 aliphatic rings. The Hall–Kier alpha value is -2.21. The molecule has 0 bridgehead atoms. The maximum Gasteiger partial charge on any atom is 0.307 e. The highest BCUT2D eigenvalue weighted by atomic mass is 16.5. The normalized spacial score (nSPS) is 19.5. The third-order valence-electron chi connectivity index (χ3n) is 3.71. The molecule has 0 unspecified atom stereocenters. The van der Waals surface area contributed by atoms with Gasteiger partial charge in [0.05, 0.1) is 12.5 Å². The zero-order valence-electron chi connectivity index (χ0n) is 11.6. The van der Waals surface area contributed by atoms with Gasteiger partial charge in [0.2, 0.25) is 0 Å². The van der Waals surface area contributed by atoms with Gasteiger partial charge in [-0.1, -0.05) is 23.4 Å². The summed E-state index contributed by atoms with van der Waals surface area (Å²) in [6.07, 6.45) is 1.63. The number of aromatic nitrogens is 2. The van der Waals surface area contributed by atoms with Gasteiger partial charge in [-0.2, -0.15) is 4.98 Å². The zero-order chi connectivity index (χ0) is 14.7. The SMILES string of the molecule is O=C(O)[C@@H]1CCCN(Cc2noc(-c3ccccc3)n2)C1. The quantitative estimate of drug-likeness (QED) is 0.927. The second-order valence-corrected chi connectivity index (χ2v) is 5.29. The lowest BCUT2D eigenvalue weighted by molar-refractivity contribution is -0.143. The van der Waals surface area contributed by atoms with Crippen LogP contribution in [0.5, 0.6) is 0 Å². The van der Waals surface area contributed by atoms with Crippen LogP contribution < -0.4 is 0 Å². The van der Waals surface area contributed by atoms with Crippen LogP contribution in [0.2, 0.25) is 0 Å². The second-order valence-electron chi connectivity index (χ2n) is 5.29. The number of likely N-dealkylation sites (tertiary alicyclic amines) is 1. The summed E-state index contributed by atoms with van der Waals surface area (Å²) < 4.78 is 5.26. The predicted molar refractivity (Wildman–Crippen MR) is 75.4 cm³/mol. The van der Waals surface area contributed by atoms with Crippen molar-refractivity contribution in [2.45, 2.75) is 19.4 Å². The summed E-state index contributed by atoms with van der Waals surface area (Å²) in [5.74, 6) is 0.0781. The molecule has 21 heavy (non-hydrogen) atoms. The number of carboxylic acid groups (broad SMARTS) is 1. The molecule has 1 aliphatic heterocycles. The number of nitrogens with zero attached hydrogens (tertiary/aromatic N) is 3. The molecule has 3 rings (SSSR count). The molecule has 1 atom stereocenters. The Labute approximate surface area is 122 Å². The molecule has 1 saturated heterocycles. The van der Waals surface area contributed by atoms with Gasteiger partial charge in [0.15, 0.2) is 5.82 Å². The smallest absolute Gasteiger partial charge is 0.307 e. The first-order valence-electron chi connectivity index (χ1n) is 7.05. The number of rotatable bonds is 4. The van der Waals surface area contributed by atoms with Gasteiger partial charge in [0.1, 0.15) is 0 Å². The highest BCUT2D eigenvalue weighted by Crippen LogP contribution is 2.20. The van der Waals surface area contributed by atoms with Crippen LogP contribution in [0.25, 0.3) is 11.5 Å². The van der Waals surface area contributed by atoms with Crippen molar-refractivity contribution in [3.05, 3.63) is 36.2 Å². The summed E-state index contributed by atoms with van der Waals surface area (Å²) in [6, 6.07) is 9.60. The van der Waals surface area contributed by atoms with Gasteiger partial charge >= 0.3 is 5.97 Å². The molecule has 1 fully saturated rings. The van der Waals surface area contributed by atoms with Crippen LogP contribution in [0.1, 0.15) is 18.7 Å². The van der Waals surface area contributed by atoms with E-state index in [2.05, 4.69) is 15.0 Å². The minimum Gasteiger partial charge on any atom is -0.481 e. The van der Waals surface area contributed by atoms with Crippen LogP contribution in [0.4, 0.5) is 0 Å². The monoisotopic (exact) mass is 287 g/mol. The zero-order valence-corrected chi connectivity index (χ0v) is 11.6. The lowest BCUT2D eigenvalue weighted by Gasteiger charge is -2.29. The molecular formula is C15H17N3O3. The van der Waals surface area contributed by atoms with Crippen LogP contribution >= 0.6 is 0 Å². The Bertz CT molecular complexity index is 612. The van der Waals surface area contributed by atoms with Crippen LogP contribution in [0.3, 0.4) is 0 Å². The maximum absolute atomic E-state index is 11.1. The Morgan fingerprint density at radius 2 is 2.19 bits per heavy atom. The summed E-state index contributed by atoms with van der Waals surface area (Å²) in [7, 11) is 0. The summed E-state index contributed by atoms with van der Waals surface area (Å²) in [5, 5.41) is 13.1. The first kappa shape index (κ1) is 13.8. The standard InChI is InChI=1S/C15H17N3O3/c19-15(20)12-7-4-8-18(9-12)10-13-16-14(21-17-13)11-5-2-1-3-6-11/h1-3,5-6,12H,4,7-10H2,(H,19,20)/t12-/m1/s1. The number of carbonyl (C=O) groups is 1. The van der Waals surface area contributed by atoms with E-state index < -0.39 is 5.97 Å². The number of benzene rings is 1. The number of hydrogen-bond donors (Lipinski definition) is 1. The van der Waals surface area contributed by atoms with Crippen molar-refractivity contribution in [1.82, 2.24) is 15.0 Å². The first-order valence-corrected chi connectivity index (χ1v) is 7.05. The Morgan fingerprint density at radius 1 is 1.38 bits per heavy atom. The molecule has 0 radical (unpaired) electrons. The van der Waals surface area contributed by atoms with E-state index in [1.807, 2.05) is 30.3 Å². The molecule has 2 aromatic rings. The molecule has 0 spiro atoms. The molecule has 1 aromatic heterocycles. The van der Waals surface area contributed by atoms with Gasteiger partial charge in [-0.05, 0) is 31.5 Å². The number of aliphatic carboxylic acids is 1. The fourth-order valence-electron chi connectivity index (χ4n) is 2.62. The molecule has 2 heterocycles. The average molecular weight is 287 g/mol. The highest BCUT2D eigenvalue weighted by Gasteiger charge is 2.26. The van der Waals surface area contributed by atoms with Crippen molar-refractivity contribution in [2.24, 2.45) is 5.92 Å². The van der Waals surface area contributed by atoms with Gasteiger partial charge < -0.3 is 9.63 Å². The third-order valence-corrected chi connectivity index (χ3v) is 3.71. The molecule has 0 aliphatic carbocycles. The minimum absolute atomic E-state index is 0.292. The van der Waals surface area contributed by atoms with E-state index in [9.17, 15) is 4.79 Å². The number of hydrogen-bond acceptors (Lipinski definition) is 5. The van der Waals surface area contributed by atoms with E-state index in [0.29, 0.717) is 24.8 Å². The van der Waals surface area contributed by atoms with Gasteiger partial charge in [0.25, 0.3) is 5.89 Å². The minimum atomic E-state index is -0.724. The van der Waals surface area contributed by atoms with E-state index in [4.69, 9.17) is 9.63 Å². The van der Waals surface area contributed by atoms with Gasteiger partial charge in [0, 0.05) is 12.1 Å². The summed E-state index contributed by atoms with van der Waals surface area (Å²) in [6.45, 7) is 1.95. The fraction of sp³-hybridized carbons (Fsp3) is 0.400. The second kappa shape index (κ2) is 6.05. The van der Waals surface area contributed by atoms with Gasteiger partial charge in [-0.15, -0.1) is 0 Å². The van der Waals surface area contributed by atoms with Crippen LogP contribution in [-0.4, -0.2) is 39.2 Å². The summed E-state index contributed by atoms with van der Waals surface area (Å²) in [4.78, 5) is 17.5. The lowest BCUT2D eigenvalue weighted by Crippen LogP contribution is -2.38. The van der Waals surface area contributed by atoms with Gasteiger partial charge in [-0.3, -0.25) is 9.69 Å². The van der Waals surface area contributed by atoms with Gasteiger partial charge in [-0.25, -0.2) is 0 Å². The third kappa shape index (κ3) is 3.28. The van der Waals surface area contributed by atoms with E-state index in [1.165, 1.54) is 0 Å². The topological polar surface area (TPSA) is 79.5 Å². The molecular weight excluding hydrogens is 270 g/mol. The predicted octanol–water partition coefficient (Wildman–Crippen LogP) is 2.03. The van der Waals surface area contributed by atoms with Crippen molar-refractivity contribution in [1.29, 1.82) is 0 Å². The summed E-state index contributed by atoms with van der Waals surface area (Å²) in [5.41, 5.74) is 0.887. The van der Waals surface area contributed by atoms with E-state index in [1.54, 1.807) is 0 Å². The van der Waals surface area contributed by atoms with Crippen LogP contribution in [-0.2, 0) is 11.3 Å². The molecule has 6 heteroatoms. The lowest BCUT2D eigenvalue weighted by atomic mass is 9.98. The first-order chi connectivity index (χ1) is 10.2. The number of carboxylic acids is 1. The van der Waals surface area contributed by atoms with Crippen molar-refractivity contribution < 1.29 is 14.4 Å². The average Bonchev–Trinajstić information content (AvgIpc) is 2.97. The molecule has 0 amide bonds. The molecule has 0 saturated carbocycles. The van der Waals surface area contributed by atoms with Crippen molar-refractivity contribution in [3.8, 4) is 11.5 Å². The maximum atomic E-state index is 11.1. The van der Waals surface area contributed by atoms with Crippen molar-refractivity contribution in [3.63, 3.8) is 0 Å². The molecule has 110 valence electrons. The Balaban J connectivity index is 1.66. The van der Waals surface area contributed by atoms with E-state index >= 15 is 0 Å².